The summed E-state index contributed by atoms with van der Waals surface area (Å²) in [5.41, 5.74) is 1.97. The largest absolute Gasteiger partial charge is 0.349 e. The first kappa shape index (κ1) is 16.2. The van der Waals surface area contributed by atoms with E-state index in [-0.39, 0.29) is 11.8 Å². The lowest BCUT2D eigenvalue weighted by Gasteiger charge is -2.37. The van der Waals surface area contributed by atoms with Crippen LogP contribution in [0.3, 0.4) is 0 Å². The van der Waals surface area contributed by atoms with Crippen molar-refractivity contribution in [3.8, 4) is 0 Å². The van der Waals surface area contributed by atoms with E-state index >= 15 is 0 Å². The molecule has 2 aromatic rings. The van der Waals surface area contributed by atoms with Gasteiger partial charge in [-0.15, -0.1) is 6.58 Å². The minimum absolute atomic E-state index is 0.120. The number of pyridine rings is 1. The van der Waals surface area contributed by atoms with Crippen LogP contribution in [0.1, 0.15) is 24.8 Å². The van der Waals surface area contributed by atoms with E-state index < -0.39 is 0 Å². The summed E-state index contributed by atoms with van der Waals surface area (Å²) >= 11 is 0. The maximum atomic E-state index is 13.2. The number of benzene rings is 1. The number of carbonyl (C=O) groups excluding carboxylic acids is 1. The summed E-state index contributed by atoms with van der Waals surface area (Å²) < 4.78 is 0. The topological polar surface area (TPSA) is 36.4 Å². The van der Waals surface area contributed by atoms with Crippen LogP contribution in [0.15, 0.2) is 61.3 Å². The monoisotopic (exact) mass is 321 g/mol. The molecule has 1 aromatic carbocycles. The van der Waals surface area contributed by atoms with Crippen molar-refractivity contribution in [2.75, 3.05) is 29.4 Å². The zero-order valence-electron chi connectivity index (χ0n) is 14.1. The first-order chi connectivity index (χ1) is 11.8. The van der Waals surface area contributed by atoms with Crippen molar-refractivity contribution in [3.63, 3.8) is 0 Å². The van der Waals surface area contributed by atoms with Gasteiger partial charge in [-0.05, 0) is 24.1 Å². The van der Waals surface area contributed by atoms with Crippen LogP contribution in [0.25, 0.3) is 0 Å². The molecule has 0 bridgehead atoms. The summed E-state index contributed by atoms with van der Waals surface area (Å²) in [5, 5.41) is 0. The molecule has 1 aliphatic heterocycles. The predicted molar refractivity (Wildman–Crippen MR) is 98.5 cm³/mol. The molecule has 2 heterocycles. The molecule has 1 unspecified atom stereocenters. The summed E-state index contributed by atoms with van der Waals surface area (Å²) in [6, 6.07) is 13.9. The fourth-order valence-corrected chi connectivity index (χ4v) is 3.28. The van der Waals surface area contributed by atoms with Crippen molar-refractivity contribution in [2.45, 2.75) is 19.3 Å². The predicted octanol–water partition coefficient (Wildman–Crippen LogP) is 3.61. The van der Waals surface area contributed by atoms with Gasteiger partial charge in [0.1, 0.15) is 0 Å². The average Bonchev–Trinajstić information content (AvgIpc) is 2.63. The van der Waals surface area contributed by atoms with E-state index in [0.29, 0.717) is 6.54 Å². The van der Waals surface area contributed by atoms with Gasteiger partial charge >= 0.3 is 0 Å². The molecule has 3 rings (SSSR count). The lowest BCUT2D eigenvalue weighted by molar-refractivity contribution is -0.120. The number of carbonyl (C=O) groups is 1. The first-order valence-corrected chi connectivity index (χ1v) is 8.43. The Balaban J connectivity index is 1.92. The van der Waals surface area contributed by atoms with Crippen molar-refractivity contribution >= 4 is 17.4 Å². The van der Waals surface area contributed by atoms with Crippen LogP contribution in [-0.2, 0) is 4.79 Å². The molecular formula is C20H23N3O. The van der Waals surface area contributed by atoms with E-state index in [2.05, 4.69) is 23.4 Å². The number of nitrogens with zero attached hydrogens (tertiary/aromatic N) is 3. The minimum atomic E-state index is -0.120. The van der Waals surface area contributed by atoms with Crippen molar-refractivity contribution < 1.29 is 4.79 Å². The van der Waals surface area contributed by atoms with Crippen LogP contribution in [0, 0.1) is 0 Å². The second-order valence-corrected chi connectivity index (χ2v) is 5.94. The van der Waals surface area contributed by atoms with Crippen molar-refractivity contribution in [1.82, 2.24) is 4.98 Å². The molecule has 0 saturated heterocycles. The molecule has 0 fully saturated rings. The molecule has 24 heavy (non-hydrogen) atoms. The van der Waals surface area contributed by atoms with Crippen LogP contribution in [-0.4, -0.2) is 30.5 Å². The fourth-order valence-electron chi connectivity index (χ4n) is 3.28. The van der Waals surface area contributed by atoms with Gasteiger partial charge in [-0.1, -0.05) is 43.3 Å². The Morgan fingerprint density at radius 2 is 2.04 bits per heavy atom. The Morgan fingerprint density at radius 3 is 2.75 bits per heavy atom. The lowest BCUT2D eigenvalue weighted by Crippen LogP contribution is -2.46. The van der Waals surface area contributed by atoms with Gasteiger partial charge in [0.15, 0.2) is 5.82 Å². The highest BCUT2D eigenvalue weighted by molar-refractivity contribution is 6.01. The SMILES string of the molecule is C=CCN1CCN(C(=O)C(CC)c2ccccc2)c2cccnc21. The normalized spacial score (nSPS) is 14.9. The van der Waals surface area contributed by atoms with Crippen molar-refractivity contribution in [3.05, 3.63) is 66.9 Å². The van der Waals surface area contributed by atoms with E-state index in [1.807, 2.05) is 53.4 Å². The van der Waals surface area contributed by atoms with Crippen LogP contribution in [0.4, 0.5) is 11.5 Å². The summed E-state index contributed by atoms with van der Waals surface area (Å²) in [5.74, 6) is 0.890. The van der Waals surface area contributed by atoms with Gasteiger partial charge in [-0.2, -0.15) is 0 Å². The third-order valence-electron chi connectivity index (χ3n) is 4.47. The highest BCUT2D eigenvalue weighted by Crippen LogP contribution is 2.33. The van der Waals surface area contributed by atoms with Crippen LogP contribution >= 0.6 is 0 Å². The Hall–Kier alpha value is -2.62. The Labute approximate surface area is 143 Å². The maximum Gasteiger partial charge on any atom is 0.234 e. The smallest absolute Gasteiger partial charge is 0.234 e. The summed E-state index contributed by atoms with van der Waals surface area (Å²) in [7, 11) is 0. The molecular weight excluding hydrogens is 298 g/mol. The number of rotatable bonds is 5. The van der Waals surface area contributed by atoms with Gasteiger partial charge in [0, 0.05) is 25.8 Å². The molecule has 4 heteroatoms. The van der Waals surface area contributed by atoms with Crippen LogP contribution < -0.4 is 9.80 Å². The molecule has 1 aromatic heterocycles. The minimum Gasteiger partial charge on any atom is -0.349 e. The molecule has 0 aliphatic carbocycles. The summed E-state index contributed by atoms with van der Waals surface area (Å²) in [6.45, 7) is 8.06. The molecule has 0 radical (unpaired) electrons. The number of hydrogen-bond acceptors (Lipinski definition) is 3. The van der Waals surface area contributed by atoms with E-state index in [1.165, 1.54) is 0 Å². The maximum absolute atomic E-state index is 13.2. The Bertz CT molecular complexity index is 714. The van der Waals surface area contributed by atoms with Gasteiger partial charge in [0.2, 0.25) is 5.91 Å². The Kier molecular flexibility index (Phi) is 4.94. The van der Waals surface area contributed by atoms with Crippen molar-refractivity contribution in [2.24, 2.45) is 0 Å². The van der Waals surface area contributed by atoms with E-state index in [1.54, 1.807) is 6.20 Å². The van der Waals surface area contributed by atoms with E-state index in [0.717, 1.165) is 36.6 Å². The number of fused-ring (bicyclic) bond motifs is 1. The zero-order chi connectivity index (χ0) is 16.9. The second kappa shape index (κ2) is 7.30. The number of amides is 1. The highest BCUT2D eigenvalue weighted by Gasteiger charge is 2.31. The third-order valence-corrected chi connectivity index (χ3v) is 4.47. The summed E-state index contributed by atoms with van der Waals surface area (Å²) in [6.07, 6.45) is 4.43. The number of hydrogen-bond donors (Lipinski definition) is 0. The molecule has 124 valence electrons. The van der Waals surface area contributed by atoms with Gasteiger partial charge in [0.05, 0.1) is 11.6 Å². The van der Waals surface area contributed by atoms with Crippen LogP contribution in [0.5, 0.6) is 0 Å². The first-order valence-electron chi connectivity index (χ1n) is 8.43. The van der Waals surface area contributed by atoms with E-state index in [4.69, 9.17) is 0 Å². The molecule has 1 aliphatic rings. The van der Waals surface area contributed by atoms with Gasteiger partial charge in [-0.3, -0.25) is 4.79 Å². The van der Waals surface area contributed by atoms with Gasteiger partial charge in [-0.25, -0.2) is 4.98 Å². The molecule has 1 atom stereocenters. The van der Waals surface area contributed by atoms with Gasteiger partial charge < -0.3 is 9.80 Å². The molecule has 0 N–H and O–H groups in total. The molecule has 0 spiro atoms. The zero-order valence-corrected chi connectivity index (χ0v) is 14.1. The lowest BCUT2D eigenvalue weighted by atomic mass is 9.94. The quantitative estimate of drug-likeness (QED) is 0.789. The highest BCUT2D eigenvalue weighted by atomic mass is 16.2. The summed E-state index contributed by atoms with van der Waals surface area (Å²) in [4.78, 5) is 21.8. The Morgan fingerprint density at radius 1 is 1.25 bits per heavy atom. The third kappa shape index (κ3) is 3.04. The molecule has 4 nitrogen and oxygen atoms in total. The fraction of sp³-hybridized carbons (Fsp3) is 0.300. The molecule has 1 amide bonds. The van der Waals surface area contributed by atoms with Crippen molar-refractivity contribution in [1.29, 1.82) is 0 Å². The van der Waals surface area contributed by atoms with Gasteiger partial charge in [0.25, 0.3) is 0 Å². The molecule has 0 saturated carbocycles. The van der Waals surface area contributed by atoms with E-state index in [9.17, 15) is 4.79 Å². The number of aromatic nitrogens is 1. The average molecular weight is 321 g/mol. The number of anilines is 2. The standard InChI is InChI=1S/C20H23N3O/c1-3-13-22-14-15-23(18-11-8-12-21-19(18)22)20(24)17(4-2)16-9-6-5-7-10-16/h3,5-12,17H,1,4,13-15H2,2H3. The second-order valence-electron chi connectivity index (χ2n) is 5.94. The van der Waals surface area contributed by atoms with Crippen LogP contribution in [0.2, 0.25) is 0 Å².